The third kappa shape index (κ3) is 4.98. The van der Waals surface area contributed by atoms with Gasteiger partial charge in [0.1, 0.15) is 0 Å². The van der Waals surface area contributed by atoms with Gasteiger partial charge in [-0.1, -0.05) is 5.16 Å². The van der Waals surface area contributed by atoms with Crippen molar-refractivity contribution in [3.05, 3.63) is 47.3 Å². The van der Waals surface area contributed by atoms with Crippen LogP contribution >= 0.6 is 0 Å². The van der Waals surface area contributed by atoms with E-state index in [0.29, 0.717) is 25.2 Å². The maximum atomic E-state index is 12.7. The number of rotatable bonds is 6. The number of piperazine rings is 1. The fourth-order valence-corrected chi connectivity index (χ4v) is 4.41. The van der Waals surface area contributed by atoms with Gasteiger partial charge in [-0.05, 0) is 45.0 Å². The molecule has 0 bridgehead atoms. The number of nitrogens with zero attached hydrogens (tertiary/aromatic N) is 3. The first-order valence-electron chi connectivity index (χ1n) is 9.31. The van der Waals surface area contributed by atoms with Crippen LogP contribution in [0.3, 0.4) is 0 Å². The molecule has 8 nitrogen and oxygen atoms in total. The highest BCUT2D eigenvalue weighted by molar-refractivity contribution is 7.89. The van der Waals surface area contributed by atoms with Gasteiger partial charge in [0.25, 0.3) is 5.91 Å². The van der Waals surface area contributed by atoms with Crippen LogP contribution in [0.25, 0.3) is 0 Å². The Morgan fingerprint density at radius 2 is 1.82 bits per heavy atom. The zero-order valence-electron chi connectivity index (χ0n) is 16.4. The van der Waals surface area contributed by atoms with E-state index in [0.717, 1.165) is 24.5 Å². The molecule has 1 saturated heterocycles. The third-order valence-corrected chi connectivity index (χ3v) is 6.19. The fraction of sp³-hybridized carbons (Fsp3) is 0.474. The predicted molar refractivity (Wildman–Crippen MR) is 104 cm³/mol. The van der Waals surface area contributed by atoms with Crippen molar-refractivity contribution in [3.63, 3.8) is 0 Å². The molecule has 0 saturated carbocycles. The van der Waals surface area contributed by atoms with Gasteiger partial charge < -0.3 is 9.42 Å². The van der Waals surface area contributed by atoms with Crippen LogP contribution in [0, 0.1) is 6.92 Å². The Morgan fingerprint density at radius 1 is 1.18 bits per heavy atom. The van der Waals surface area contributed by atoms with Gasteiger partial charge in [-0.2, -0.15) is 0 Å². The molecule has 1 N–H and O–H groups in total. The largest absolute Gasteiger partial charge is 0.360 e. The van der Waals surface area contributed by atoms with Crippen molar-refractivity contribution in [2.45, 2.75) is 38.3 Å². The summed E-state index contributed by atoms with van der Waals surface area (Å²) in [5, 5.41) is 3.89. The summed E-state index contributed by atoms with van der Waals surface area (Å²) < 4.78 is 32.2. The molecule has 1 aromatic heterocycles. The maximum Gasteiger partial charge on any atom is 0.253 e. The molecule has 3 rings (SSSR count). The van der Waals surface area contributed by atoms with Crippen molar-refractivity contribution in [1.29, 1.82) is 0 Å². The Hall–Kier alpha value is -2.23. The molecule has 2 aromatic rings. The highest BCUT2D eigenvalue weighted by atomic mass is 32.2. The van der Waals surface area contributed by atoms with Crippen LogP contribution in [0.1, 0.15) is 35.7 Å². The van der Waals surface area contributed by atoms with E-state index in [2.05, 4.69) is 14.8 Å². The van der Waals surface area contributed by atoms with Crippen molar-refractivity contribution < 1.29 is 17.7 Å². The maximum absolute atomic E-state index is 12.7. The minimum absolute atomic E-state index is 0.0871. The first-order chi connectivity index (χ1) is 13.2. The lowest BCUT2D eigenvalue weighted by molar-refractivity contribution is 0.0617. The van der Waals surface area contributed by atoms with Crippen molar-refractivity contribution in [2.75, 3.05) is 26.2 Å². The summed E-state index contributed by atoms with van der Waals surface area (Å²) in [6.07, 6.45) is 0. The van der Waals surface area contributed by atoms with Crippen molar-refractivity contribution in [3.8, 4) is 0 Å². The van der Waals surface area contributed by atoms with Crippen LogP contribution in [0.5, 0.6) is 0 Å². The summed E-state index contributed by atoms with van der Waals surface area (Å²) in [4.78, 5) is 16.9. The standard InChI is InChI=1S/C19H26N4O4S/c1-14(2)21-28(25,26)18-6-4-16(5-7-18)19(24)23-10-8-22(9-11-23)13-17-12-15(3)20-27-17/h4-7,12,14,21H,8-11,13H2,1-3H3. The van der Waals surface area contributed by atoms with Gasteiger partial charge in [0, 0.05) is 43.9 Å². The van der Waals surface area contributed by atoms with Crippen LogP contribution in [0.15, 0.2) is 39.8 Å². The number of sulfonamides is 1. The van der Waals surface area contributed by atoms with E-state index < -0.39 is 10.0 Å². The zero-order valence-corrected chi connectivity index (χ0v) is 17.2. The third-order valence-electron chi connectivity index (χ3n) is 4.52. The number of carbonyl (C=O) groups excluding carboxylic acids is 1. The summed E-state index contributed by atoms with van der Waals surface area (Å²) in [7, 11) is -3.56. The summed E-state index contributed by atoms with van der Waals surface area (Å²) >= 11 is 0. The molecule has 0 aliphatic carbocycles. The van der Waals surface area contributed by atoms with Gasteiger partial charge >= 0.3 is 0 Å². The SMILES string of the molecule is Cc1cc(CN2CCN(C(=O)c3ccc(S(=O)(=O)NC(C)C)cc3)CC2)on1. The molecule has 1 amide bonds. The number of benzene rings is 1. The molecule has 1 fully saturated rings. The first-order valence-corrected chi connectivity index (χ1v) is 10.8. The molecule has 0 radical (unpaired) electrons. The minimum atomic E-state index is -3.56. The minimum Gasteiger partial charge on any atom is -0.360 e. The second kappa shape index (κ2) is 8.42. The number of nitrogens with one attached hydrogen (secondary N) is 1. The highest BCUT2D eigenvalue weighted by Crippen LogP contribution is 2.15. The van der Waals surface area contributed by atoms with Crippen molar-refractivity contribution in [1.82, 2.24) is 19.7 Å². The van der Waals surface area contributed by atoms with E-state index in [4.69, 9.17) is 4.52 Å². The van der Waals surface area contributed by atoms with Gasteiger partial charge in [-0.15, -0.1) is 0 Å². The normalized spacial score (nSPS) is 15.9. The molecular weight excluding hydrogens is 380 g/mol. The van der Waals surface area contributed by atoms with Crippen LogP contribution in [-0.2, 0) is 16.6 Å². The van der Waals surface area contributed by atoms with E-state index in [1.807, 2.05) is 13.0 Å². The Morgan fingerprint density at radius 3 is 2.36 bits per heavy atom. The first kappa shape index (κ1) is 20.5. The quantitative estimate of drug-likeness (QED) is 0.783. The van der Waals surface area contributed by atoms with Crippen LogP contribution in [0.4, 0.5) is 0 Å². The lowest BCUT2D eigenvalue weighted by Crippen LogP contribution is -2.48. The number of carbonyl (C=O) groups is 1. The topological polar surface area (TPSA) is 95.8 Å². The second-order valence-electron chi connectivity index (χ2n) is 7.30. The van der Waals surface area contributed by atoms with E-state index in [1.54, 1.807) is 30.9 Å². The molecule has 1 aromatic carbocycles. The number of hydrogen-bond acceptors (Lipinski definition) is 6. The average Bonchev–Trinajstić information content (AvgIpc) is 3.05. The van der Waals surface area contributed by atoms with E-state index in [1.165, 1.54) is 12.1 Å². The van der Waals surface area contributed by atoms with E-state index >= 15 is 0 Å². The van der Waals surface area contributed by atoms with Gasteiger partial charge in [0.05, 0.1) is 17.1 Å². The molecule has 0 unspecified atom stereocenters. The molecule has 9 heteroatoms. The summed E-state index contributed by atoms with van der Waals surface area (Å²) in [5.74, 6) is 0.736. The smallest absolute Gasteiger partial charge is 0.253 e. The van der Waals surface area contributed by atoms with Gasteiger partial charge in [-0.3, -0.25) is 9.69 Å². The number of aromatic nitrogens is 1. The molecule has 0 spiro atoms. The lowest BCUT2D eigenvalue weighted by Gasteiger charge is -2.34. The predicted octanol–water partition coefficient (Wildman–Crippen LogP) is 1.63. The molecule has 152 valence electrons. The molecule has 1 aliphatic rings. The van der Waals surface area contributed by atoms with Crippen molar-refractivity contribution >= 4 is 15.9 Å². The van der Waals surface area contributed by atoms with Gasteiger partial charge in [0.15, 0.2) is 5.76 Å². The van der Waals surface area contributed by atoms with Gasteiger partial charge in [0.2, 0.25) is 10.0 Å². The molecule has 0 atom stereocenters. The second-order valence-corrected chi connectivity index (χ2v) is 9.02. The Labute approximate surface area is 165 Å². The number of amides is 1. The zero-order chi connectivity index (χ0) is 20.3. The molecule has 1 aliphatic heterocycles. The van der Waals surface area contributed by atoms with Crippen LogP contribution in [-0.4, -0.2) is 61.5 Å². The van der Waals surface area contributed by atoms with Crippen molar-refractivity contribution in [2.24, 2.45) is 0 Å². The average molecular weight is 407 g/mol. The summed E-state index contributed by atoms with van der Waals surface area (Å²) in [5.41, 5.74) is 1.35. The monoisotopic (exact) mass is 406 g/mol. The van der Waals surface area contributed by atoms with Crippen LogP contribution < -0.4 is 4.72 Å². The van der Waals surface area contributed by atoms with Crippen LogP contribution in [0.2, 0.25) is 0 Å². The fourth-order valence-electron chi connectivity index (χ4n) is 3.16. The van der Waals surface area contributed by atoms with Gasteiger partial charge in [-0.25, -0.2) is 13.1 Å². The lowest BCUT2D eigenvalue weighted by atomic mass is 10.2. The highest BCUT2D eigenvalue weighted by Gasteiger charge is 2.23. The molecule has 28 heavy (non-hydrogen) atoms. The molecule has 2 heterocycles. The van der Waals surface area contributed by atoms with E-state index in [9.17, 15) is 13.2 Å². The molecular formula is C19H26N4O4S. The Balaban J connectivity index is 1.57. The number of hydrogen-bond donors (Lipinski definition) is 1. The number of aryl methyl sites for hydroxylation is 1. The summed E-state index contributed by atoms with van der Waals surface area (Å²) in [6, 6.07) is 7.81. The summed E-state index contributed by atoms with van der Waals surface area (Å²) in [6.45, 7) is 8.81. The Kier molecular flexibility index (Phi) is 6.17. The Bertz CT molecular complexity index is 914. The van der Waals surface area contributed by atoms with E-state index in [-0.39, 0.29) is 16.8 Å².